The number of hydrogen-bond donors (Lipinski definition) is 2. The van der Waals surface area contributed by atoms with E-state index in [-0.39, 0.29) is 5.69 Å². The van der Waals surface area contributed by atoms with E-state index in [0.29, 0.717) is 22.2 Å². The van der Waals surface area contributed by atoms with Crippen LogP contribution in [0.25, 0.3) is 11.3 Å². The summed E-state index contributed by atoms with van der Waals surface area (Å²) in [5.74, 6) is 0.785. The molecule has 3 aromatic rings. The van der Waals surface area contributed by atoms with Crippen molar-refractivity contribution < 1.29 is 14.3 Å². The lowest BCUT2D eigenvalue weighted by molar-refractivity contribution is 0.0950. The van der Waals surface area contributed by atoms with E-state index in [4.69, 9.17) is 21.1 Å². The fourth-order valence-electron chi connectivity index (χ4n) is 2.39. The van der Waals surface area contributed by atoms with E-state index < -0.39 is 5.91 Å². The first-order valence-corrected chi connectivity index (χ1v) is 8.35. The van der Waals surface area contributed by atoms with Crippen molar-refractivity contribution in [3.8, 4) is 22.8 Å². The predicted octanol–water partition coefficient (Wildman–Crippen LogP) is 3.51. The molecule has 8 heteroatoms. The number of benzene rings is 2. The van der Waals surface area contributed by atoms with Crippen molar-refractivity contribution in [1.29, 1.82) is 0 Å². The summed E-state index contributed by atoms with van der Waals surface area (Å²) in [6.07, 6.45) is 1.51. The molecule has 0 unspecified atom stereocenters. The van der Waals surface area contributed by atoms with Crippen LogP contribution in [0.15, 0.2) is 53.6 Å². The van der Waals surface area contributed by atoms with Gasteiger partial charge >= 0.3 is 0 Å². The van der Waals surface area contributed by atoms with Gasteiger partial charge in [0.2, 0.25) is 0 Å². The number of ether oxygens (including phenoxy) is 2. The zero-order valence-electron chi connectivity index (χ0n) is 14.7. The average molecular weight is 385 g/mol. The van der Waals surface area contributed by atoms with E-state index in [0.717, 1.165) is 11.1 Å². The van der Waals surface area contributed by atoms with Gasteiger partial charge in [0.1, 0.15) is 5.69 Å². The fraction of sp³-hybridized carbons (Fsp3) is 0.105. The maximum absolute atomic E-state index is 12.2. The summed E-state index contributed by atoms with van der Waals surface area (Å²) in [5, 5.41) is 11.4. The van der Waals surface area contributed by atoms with Gasteiger partial charge in [-0.2, -0.15) is 10.2 Å². The molecule has 0 aliphatic heterocycles. The largest absolute Gasteiger partial charge is 0.493 e. The number of hydrazone groups is 1. The minimum atomic E-state index is -0.410. The number of methoxy groups -OCH3 is 2. The molecular formula is C19H17ClN4O3. The first kappa shape index (κ1) is 18.5. The molecule has 0 saturated carbocycles. The summed E-state index contributed by atoms with van der Waals surface area (Å²) in [7, 11) is 3.13. The lowest BCUT2D eigenvalue weighted by Crippen LogP contribution is -2.17. The number of hydrogen-bond acceptors (Lipinski definition) is 5. The molecule has 0 spiro atoms. The third-order valence-electron chi connectivity index (χ3n) is 3.73. The molecular weight excluding hydrogens is 368 g/mol. The van der Waals surface area contributed by atoms with Crippen molar-refractivity contribution in [1.82, 2.24) is 15.6 Å². The number of aromatic amines is 1. The summed E-state index contributed by atoms with van der Waals surface area (Å²) < 4.78 is 10.5. The number of halogens is 1. The third-order valence-corrected chi connectivity index (χ3v) is 3.97. The van der Waals surface area contributed by atoms with Gasteiger partial charge in [-0.25, -0.2) is 5.43 Å². The molecule has 138 valence electrons. The van der Waals surface area contributed by atoms with Crippen LogP contribution < -0.4 is 14.9 Å². The number of nitrogens with one attached hydrogen (secondary N) is 2. The average Bonchev–Trinajstić information content (AvgIpc) is 3.17. The fourth-order valence-corrected chi connectivity index (χ4v) is 2.59. The quantitative estimate of drug-likeness (QED) is 0.502. The topological polar surface area (TPSA) is 88.6 Å². The highest BCUT2D eigenvalue weighted by molar-refractivity contribution is 6.30. The molecule has 0 aliphatic carbocycles. The van der Waals surface area contributed by atoms with Crippen molar-refractivity contribution in [2.24, 2.45) is 5.10 Å². The number of nitrogens with zero attached hydrogens (tertiary/aromatic N) is 2. The predicted molar refractivity (Wildman–Crippen MR) is 104 cm³/mol. The molecule has 0 radical (unpaired) electrons. The van der Waals surface area contributed by atoms with Gasteiger partial charge < -0.3 is 9.47 Å². The van der Waals surface area contributed by atoms with E-state index in [1.807, 2.05) is 12.1 Å². The van der Waals surface area contributed by atoms with Gasteiger partial charge in [-0.15, -0.1) is 0 Å². The Bertz CT molecular complexity index is 985. The second-order valence-corrected chi connectivity index (χ2v) is 5.93. The molecule has 0 aliphatic rings. The van der Waals surface area contributed by atoms with Crippen molar-refractivity contribution in [3.05, 3.63) is 64.8 Å². The zero-order chi connectivity index (χ0) is 19.2. The van der Waals surface area contributed by atoms with Gasteiger partial charge in [0, 0.05) is 10.6 Å². The van der Waals surface area contributed by atoms with Crippen LogP contribution in [-0.2, 0) is 0 Å². The highest BCUT2D eigenvalue weighted by atomic mass is 35.5. The van der Waals surface area contributed by atoms with Crippen LogP contribution in [0, 0.1) is 0 Å². The number of aromatic nitrogens is 2. The van der Waals surface area contributed by atoms with Crippen LogP contribution in [0.1, 0.15) is 16.1 Å². The Morgan fingerprint density at radius 1 is 1.15 bits per heavy atom. The maximum atomic E-state index is 12.2. The third kappa shape index (κ3) is 4.45. The Hall–Kier alpha value is -3.32. The lowest BCUT2D eigenvalue weighted by Gasteiger charge is -2.08. The van der Waals surface area contributed by atoms with E-state index in [1.54, 1.807) is 50.6 Å². The Balaban J connectivity index is 1.70. The summed E-state index contributed by atoms with van der Waals surface area (Å²) in [6, 6.07) is 14.1. The maximum Gasteiger partial charge on any atom is 0.289 e. The SMILES string of the molecule is COc1ccc(-c2cc(C(=O)N/N=C/c3cccc(Cl)c3)[nH]n2)cc1OC. The molecule has 1 aromatic heterocycles. The van der Waals surface area contributed by atoms with E-state index in [1.165, 1.54) is 6.21 Å². The van der Waals surface area contributed by atoms with Crippen LogP contribution in [0.3, 0.4) is 0 Å². The minimum Gasteiger partial charge on any atom is -0.493 e. The Morgan fingerprint density at radius 2 is 1.96 bits per heavy atom. The molecule has 0 saturated heterocycles. The summed E-state index contributed by atoms with van der Waals surface area (Å²) in [5.41, 5.74) is 4.88. The Labute approximate surface area is 161 Å². The standard InChI is InChI=1S/C19H17ClN4O3/c1-26-17-7-6-13(9-18(17)27-2)15-10-16(23-22-15)19(25)24-21-11-12-4-3-5-14(20)8-12/h3-11H,1-2H3,(H,22,23)(H,24,25)/b21-11+. The van der Waals surface area contributed by atoms with Gasteiger partial charge in [0.05, 0.1) is 26.1 Å². The number of rotatable bonds is 6. The van der Waals surface area contributed by atoms with Gasteiger partial charge in [-0.05, 0) is 42.0 Å². The van der Waals surface area contributed by atoms with Crippen LogP contribution in [0.4, 0.5) is 0 Å². The molecule has 3 rings (SSSR count). The molecule has 0 atom stereocenters. The Kier molecular flexibility index (Phi) is 5.73. The van der Waals surface area contributed by atoms with Crippen molar-refractivity contribution >= 4 is 23.7 Å². The first-order chi connectivity index (χ1) is 13.1. The number of amides is 1. The molecule has 27 heavy (non-hydrogen) atoms. The van der Waals surface area contributed by atoms with Crippen LogP contribution in [0.5, 0.6) is 11.5 Å². The molecule has 1 amide bonds. The molecule has 2 N–H and O–H groups in total. The summed E-state index contributed by atoms with van der Waals surface area (Å²) in [4.78, 5) is 12.2. The molecule has 1 heterocycles. The number of H-pyrrole nitrogens is 1. The van der Waals surface area contributed by atoms with Crippen LogP contribution in [0.2, 0.25) is 5.02 Å². The van der Waals surface area contributed by atoms with E-state index in [2.05, 4.69) is 20.7 Å². The smallest absolute Gasteiger partial charge is 0.289 e. The Morgan fingerprint density at radius 3 is 2.70 bits per heavy atom. The molecule has 2 aromatic carbocycles. The van der Waals surface area contributed by atoms with E-state index in [9.17, 15) is 4.79 Å². The lowest BCUT2D eigenvalue weighted by atomic mass is 10.1. The summed E-state index contributed by atoms with van der Waals surface area (Å²) in [6.45, 7) is 0. The molecule has 7 nitrogen and oxygen atoms in total. The first-order valence-electron chi connectivity index (χ1n) is 7.97. The molecule has 0 fully saturated rings. The van der Waals surface area contributed by atoms with Gasteiger partial charge in [-0.3, -0.25) is 9.89 Å². The monoisotopic (exact) mass is 384 g/mol. The minimum absolute atomic E-state index is 0.281. The van der Waals surface area contributed by atoms with Gasteiger partial charge in [0.25, 0.3) is 5.91 Å². The highest BCUT2D eigenvalue weighted by Gasteiger charge is 2.12. The zero-order valence-corrected chi connectivity index (χ0v) is 15.4. The van der Waals surface area contributed by atoms with Crippen molar-refractivity contribution in [3.63, 3.8) is 0 Å². The number of carbonyl (C=O) groups excluding carboxylic acids is 1. The normalized spacial score (nSPS) is 10.8. The van der Waals surface area contributed by atoms with Gasteiger partial charge in [-0.1, -0.05) is 23.7 Å². The van der Waals surface area contributed by atoms with Gasteiger partial charge in [0.15, 0.2) is 11.5 Å². The van der Waals surface area contributed by atoms with Crippen LogP contribution >= 0.6 is 11.6 Å². The second kappa shape index (κ2) is 8.37. The highest BCUT2D eigenvalue weighted by Crippen LogP contribution is 2.31. The second-order valence-electron chi connectivity index (χ2n) is 5.49. The molecule has 0 bridgehead atoms. The van der Waals surface area contributed by atoms with Crippen LogP contribution in [-0.4, -0.2) is 36.5 Å². The van der Waals surface area contributed by atoms with E-state index >= 15 is 0 Å². The number of carbonyl (C=O) groups is 1. The summed E-state index contributed by atoms with van der Waals surface area (Å²) >= 11 is 5.90. The van der Waals surface area contributed by atoms with Crippen molar-refractivity contribution in [2.45, 2.75) is 0 Å². The van der Waals surface area contributed by atoms with Crippen molar-refractivity contribution in [2.75, 3.05) is 14.2 Å².